The molecule has 0 radical (unpaired) electrons. The topological polar surface area (TPSA) is 0 Å². The first-order valence-corrected chi connectivity index (χ1v) is 4.84. The quantitative estimate of drug-likeness (QED) is 0.460. The summed E-state index contributed by atoms with van der Waals surface area (Å²) in [6.45, 7) is 7.87. The number of hydrogen-bond acceptors (Lipinski definition) is 0. The van der Waals surface area contributed by atoms with Gasteiger partial charge in [-0.15, -0.1) is 5.73 Å². The Morgan fingerprint density at radius 3 is 3.00 bits per heavy atom. The van der Waals surface area contributed by atoms with E-state index in [2.05, 4.69) is 50.5 Å². The Hall–Kier alpha value is -1.52. The second-order valence-corrected chi connectivity index (χ2v) is 3.48. The van der Waals surface area contributed by atoms with Crippen LogP contribution in [0.1, 0.15) is 13.8 Å². The molecule has 0 heterocycles. The first-order chi connectivity index (χ1) is 6.72. The number of allylic oxidation sites excluding steroid dienone is 8. The van der Waals surface area contributed by atoms with Crippen molar-refractivity contribution in [2.75, 3.05) is 0 Å². The van der Waals surface area contributed by atoms with E-state index < -0.39 is 0 Å². The van der Waals surface area contributed by atoms with Crippen molar-refractivity contribution in [2.45, 2.75) is 13.8 Å². The van der Waals surface area contributed by atoms with E-state index in [1.54, 1.807) is 6.08 Å². The van der Waals surface area contributed by atoms with Crippen LogP contribution in [-0.4, -0.2) is 0 Å². The van der Waals surface area contributed by atoms with E-state index in [1.807, 2.05) is 12.2 Å². The van der Waals surface area contributed by atoms with E-state index in [4.69, 9.17) is 0 Å². The highest BCUT2D eigenvalue weighted by Gasteiger charge is 1.96. The van der Waals surface area contributed by atoms with E-state index >= 15 is 0 Å². The Balaban J connectivity index is 2.70. The molecule has 72 valence electrons. The van der Waals surface area contributed by atoms with Gasteiger partial charge >= 0.3 is 0 Å². The van der Waals surface area contributed by atoms with Gasteiger partial charge in [-0.2, -0.15) is 0 Å². The summed E-state index contributed by atoms with van der Waals surface area (Å²) in [5.41, 5.74) is 5.56. The van der Waals surface area contributed by atoms with Gasteiger partial charge in [-0.1, -0.05) is 49.5 Å². The zero-order chi connectivity index (χ0) is 10.4. The van der Waals surface area contributed by atoms with Crippen LogP contribution in [0.4, 0.5) is 0 Å². The largest absolute Gasteiger partial charge is 0.124 e. The maximum absolute atomic E-state index is 3.66. The van der Waals surface area contributed by atoms with Crippen LogP contribution < -0.4 is 0 Å². The fraction of sp³-hybridized carbons (Fsp3) is 0.214. The van der Waals surface area contributed by atoms with Crippen LogP contribution in [-0.2, 0) is 0 Å². The minimum Gasteiger partial charge on any atom is -0.124 e. The molecule has 0 amide bonds. The fourth-order valence-corrected chi connectivity index (χ4v) is 1.27. The summed E-state index contributed by atoms with van der Waals surface area (Å²) in [6.07, 6.45) is 14.3. The molecule has 0 aromatic carbocycles. The molecule has 1 rings (SSSR count). The molecule has 0 fully saturated rings. The molecular formula is C14H16. The Morgan fingerprint density at radius 2 is 2.36 bits per heavy atom. The molecule has 0 N–H and O–H groups in total. The Morgan fingerprint density at radius 1 is 1.57 bits per heavy atom. The van der Waals surface area contributed by atoms with E-state index in [0.29, 0.717) is 5.92 Å². The monoisotopic (exact) mass is 184 g/mol. The highest BCUT2D eigenvalue weighted by Crippen LogP contribution is 2.12. The molecule has 0 aliphatic heterocycles. The molecule has 0 aromatic heterocycles. The molecule has 1 atom stereocenters. The van der Waals surface area contributed by atoms with Crippen molar-refractivity contribution in [1.82, 2.24) is 0 Å². The van der Waals surface area contributed by atoms with E-state index in [9.17, 15) is 0 Å². The van der Waals surface area contributed by atoms with Crippen LogP contribution in [0.25, 0.3) is 0 Å². The van der Waals surface area contributed by atoms with Gasteiger partial charge < -0.3 is 0 Å². The average Bonchev–Trinajstić information content (AvgIpc) is 2.15. The summed E-state index contributed by atoms with van der Waals surface area (Å²) >= 11 is 0. The summed E-state index contributed by atoms with van der Waals surface area (Å²) in [5, 5.41) is 0. The van der Waals surface area contributed by atoms with E-state index in [-0.39, 0.29) is 0 Å². The van der Waals surface area contributed by atoms with Crippen molar-refractivity contribution >= 4 is 0 Å². The zero-order valence-electron chi connectivity index (χ0n) is 8.83. The maximum Gasteiger partial charge on any atom is 0.000329 e. The van der Waals surface area contributed by atoms with Crippen LogP contribution in [0.5, 0.6) is 0 Å². The maximum atomic E-state index is 3.66. The van der Waals surface area contributed by atoms with Crippen LogP contribution in [0, 0.1) is 5.92 Å². The third-order valence-corrected chi connectivity index (χ3v) is 1.98. The lowest BCUT2D eigenvalue weighted by Crippen LogP contribution is -1.87. The molecule has 0 heteroatoms. The Labute approximate surface area is 86.3 Å². The van der Waals surface area contributed by atoms with Gasteiger partial charge in [0.2, 0.25) is 0 Å². The Bertz CT molecular complexity index is 355. The van der Waals surface area contributed by atoms with Crippen LogP contribution in [0.15, 0.2) is 66.0 Å². The summed E-state index contributed by atoms with van der Waals surface area (Å²) in [6, 6.07) is 0. The lowest BCUT2D eigenvalue weighted by atomic mass is 10.0. The van der Waals surface area contributed by atoms with Gasteiger partial charge in [0.25, 0.3) is 0 Å². The van der Waals surface area contributed by atoms with Crippen LogP contribution in [0.3, 0.4) is 0 Å². The molecule has 0 saturated carbocycles. The molecule has 1 aliphatic carbocycles. The highest BCUT2D eigenvalue weighted by molar-refractivity contribution is 5.37. The van der Waals surface area contributed by atoms with Gasteiger partial charge in [-0.25, -0.2) is 0 Å². The molecule has 0 nitrogen and oxygen atoms in total. The second-order valence-electron chi connectivity index (χ2n) is 3.48. The van der Waals surface area contributed by atoms with Gasteiger partial charge in [0.15, 0.2) is 0 Å². The lowest BCUT2D eigenvalue weighted by Gasteiger charge is -2.02. The zero-order valence-corrected chi connectivity index (χ0v) is 8.83. The molecule has 1 unspecified atom stereocenters. The average molecular weight is 184 g/mol. The minimum absolute atomic E-state index is 0.489. The third kappa shape index (κ3) is 3.47. The molecule has 0 spiro atoms. The summed E-state index contributed by atoms with van der Waals surface area (Å²) in [7, 11) is 0. The van der Waals surface area contributed by atoms with Gasteiger partial charge in [-0.3, -0.25) is 0 Å². The van der Waals surface area contributed by atoms with Gasteiger partial charge in [0, 0.05) is 5.92 Å². The molecule has 1 aliphatic rings. The molecule has 14 heavy (non-hydrogen) atoms. The highest BCUT2D eigenvalue weighted by atomic mass is 14.0. The number of rotatable bonds is 3. The molecule has 0 aromatic rings. The van der Waals surface area contributed by atoms with E-state index in [0.717, 1.165) is 0 Å². The van der Waals surface area contributed by atoms with Crippen molar-refractivity contribution in [3.8, 4) is 0 Å². The van der Waals surface area contributed by atoms with Crippen molar-refractivity contribution in [3.63, 3.8) is 0 Å². The predicted molar refractivity (Wildman–Crippen MR) is 63.0 cm³/mol. The van der Waals surface area contributed by atoms with Crippen molar-refractivity contribution in [3.05, 3.63) is 66.0 Å². The van der Waals surface area contributed by atoms with Gasteiger partial charge in [-0.05, 0) is 24.6 Å². The fourth-order valence-electron chi connectivity index (χ4n) is 1.27. The van der Waals surface area contributed by atoms with Crippen LogP contribution in [0.2, 0.25) is 0 Å². The van der Waals surface area contributed by atoms with Crippen molar-refractivity contribution in [2.24, 2.45) is 5.92 Å². The van der Waals surface area contributed by atoms with Gasteiger partial charge in [0.1, 0.15) is 0 Å². The number of hydrogen-bond donors (Lipinski definition) is 0. The summed E-state index contributed by atoms with van der Waals surface area (Å²) in [4.78, 5) is 0. The smallest absolute Gasteiger partial charge is 0.000329 e. The molecule has 0 saturated heterocycles. The summed E-state index contributed by atoms with van der Waals surface area (Å²) in [5.74, 6) is 0.489. The molecule has 0 bridgehead atoms. The molecular weight excluding hydrogens is 168 g/mol. The summed E-state index contributed by atoms with van der Waals surface area (Å²) < 4.78 is 0. The standard InChI is InChI=1S/C14H16/c1-4-6-12(2)9-10-14-8-5-7-13(3)11-14/h4,6-11,13H,1H2,2-3H3/b10-9+,12-6-. The first kappa shape index (κ1) is 10.6. The minimum atomic E-state index is 0.489. The normalized spacial score (nSPS) is 21.4. The van der Waals surface area contributed by atoms with Crippen molar-refractivity contribution < 1.29 is 0 Å². The first-order valence-electron chi connectivity index (χ1n) is 4.84. The Kier molecular flexibility index (Phi) is 3.97. The SMILES string of the molecule is C=C/C=C(C)\C=C\C1=CC(C)C=C=C1. The van der Waals surface area contributed by atoms with Crippen molar-refractivity contribution in [1.29, 1.82) is 0 Å². The lowest BCUT2D eigenvalue weighted by molar-refractivity contribution is 0.929. The second kappa shape index (κ2) is 5.26. The van der Waals surface area contributed by atoms with Gasteiger partial charge in [0.05, 0.1) is 0 Å². The predicted octanol–water partition coefficient (Wildman–Crippen LogP) is 3.96. The van der Waals surface area contributed by atoms with E-state index in [1.165, 1.54) is 11.1 Å². The van der Waals surface area contributed by atoms with Crippen LogP contribution >= 0.6 is 0 Å². The third-order valence-electron chi connectivity index (χ3n) is 1.98.